The Balaban J connectivity index is 2.16. The molecule has 0 spiro atoms. The number of aliphatic hydroxyl groups excluding tert-OH is 1. The van der Waals surface area contributed by atoms with Gasteiger partial charge in [-0.15, -0.1) is 0 Å². The number of benzene rings is 1. The molecule has 0 heterocycles. The second-order valence-corrected chi connectivity index (χ2v) is 6.46. The van der Waals surface area contributed by atoms with Gasteiger partial charge in [0.1, 0.15) is 0 Å². The highest BCUT2D eigenvalue weighted by atomic mass is 127. The van der Waals surface area contributed by atoms with Crippen LogP contribution in [0.4, 0.5) is 0 Å². The largest absolute Gasteiger partial charge is 0.388 e. The molecule has 1 saturated carbocycles. The normalized spacial score (nSPS) is 19.9. The molecule has 1 aliphatic rings. The van der Waals surface area contributed by atoms with Crippen molar-refractivity contribution >= 4 is 34.2 Å². The lowest BCUT2D eigenvalue weighted by molar-refractivity contribution is 0.0981. The highest BCUT2D eigenvalue weighted by Gasteiger charge is 2.23. The molecule has 1 fully saturated rings. The van der Waals surface area contributed by atoms with Crippen LogP contribution in [0.2, 0.25) is 5.02 Å². The Hall–Kier alpha value is 0.200. The van der Waals surface area contributed by atoms with Crippen molar-refractivity contribution in [3.05, 3.63) is 32.4 Å². The summed E-state index contributed by atoms with van der Waals surface area (Å²) in [7, 11) is 0. The lowest BCUT2D eigenvalue weighted by Crippen LogP contribution is -2.13. The van der Waals surface area contributed by atoms with Gasteiger partial charge in [0, 0.05) is 8.59 Å². The van der Waals surface area contributed by atoms with E-state index in [2.05, 4.69) is 22.6 Å². The summed E-state index contributed by atoms with van der Waals surface area (Å²) in [6.45, 7) is 0. The predicted molar refractivity (Wildman–Crippen MR) is 80.3 cm³/mol. The number of hydrogen-bond acceptors (Lipinski definition) is 1. The second-order valence-electron chi connectivity index (χ2n) is 4.86. The van der Waals surface area contributed by atoms with Gasteiger partial charge in [0.05, 0.1) is 6.10 Å². The van der Waals surface area contributed by atoms with Gasteiger partial charge in [-0.1, -0.05) is 37.3 Å². The molecule has 1 aliphatic carbocycles. The van der Waals surface area contributed by atoms with Crippen LogP contribution in [0.1, 0.15) is 50.2 Å². The van der Waals surface area contributed by atoms with Crippen LogP contribution in [0.3, 0.4) is 0 Å². The van der Waals surface area contributed by atoms with E-state index in [0.29, 0.717) is 10.9 Å². The molecule has 2 rings (SSSR count). The fourth-order valence-corrected chi connectivity index (χ4v) is 3.46. The Morgan fingerprint density at radius 3 is 2.47 bits per heavy atom. The quantitative estimate of drug-likeness (QED) is 0.581. The molecule has 0 amide bonds. The fourth-order valence-electron chi connectivity index (χ4n) is 2.62. The molecule has 1 N–H and O–H groups in total. The molecule has 0 aliphatic heterocycles. The summed E-state index contributed by atoms with van der Waals surface area (Å²) < 4.78 is 1.11. The minimum atomic E-state index is -0.348. The monoisotopic (exact) mass is 364 g/mol. The molecule has 94 valence electrons. The van der Waals surface area contributed by atoms with Gasteiger partial charge in [-0.2, -0.15) is 0 Å². The first-order valence-corrected chi connectivity index (χ1v) is 7.77. The summed E-state index contributed by atoms with van der Waals surface area (Å²) >= 11 is 8.30. The van der Waals surface area contributed by atoms with Crippen molar-refractivity contribution in [1.29, 1.82) is 0 Å². The summed E-state index contributed by atoms with van der Waals surface area (Å²) in [6, 6.07) is 5.78. The zero-order chi connectivity index (χ0) is 12.3. The lowest BCUT2D eigenvalue weighted by atomic mass is 9.89. The molecule has 0 saturated heterocycles. The van der Waals surface area contributed by atoms with E-state index in [4.69, 9.17) is 11.6 Å². The van der Waals surface area contributed by atoms with E-state index >= 15 is 0 Å². The second kappa shape index (κ2) is 6.39. The number of halogens is 2. The zero-order valence-electron chi connectivity index (χ0n) is 9.83. The molecule has 3 heteroatoms. The van der Waals surface area contributed by atoms with E-state index in [-0.39, 0.29) is 6.10 Å². The minimum absolute atomic E-state index is 0.348. The average Bonchev–Trinajstić information content (AvgIpc) is 2.60. The lowest BCUT2D eigenvalue weighted by Gasteiger charge is -2.22. The maximum Gasteiger partial charge on any atom is 0.0828 e. The molecule has 17 heavy (non-hydrogen) atoms. The minimum Gasteiger partial charge on any atom is -0.388 e. The van der Waals surface area contributed by atoms with Gasteiger partial charge < -0.3 is 5.11 Å². The van der Waals surface area contributed by atoms with Crippen LogP contribution >= 0.6 is 34.2 Å². The Morgan fingerprint density at radius 2 is 1.82 bits per heavy atom. The van der Waals surface area contributed by atoms with Crippen LogP contribution in [-0.2, 0) is 0 Å². The maximum atomic E-state index is 10.5. The Bertz CT molecular complexity index is 372. The standard InChI is InChI=1S/C14H18ClIO/c15-11-7-8-13(16)12(9-11)14(17)10-5-3-1-2-4-6-10/h7-10,14,17H,1-6H2. The first-order valence-electron chi connectivity index (χ1n) is 6.31. The molecule has 1 nitrogen and oxygen atoms in total. The number of hydrogen-bond donors (Lipinski definition) is 1. The van der Waals surface area contributed by atoms with Crippen molar-refractivity contribution in [1.82, 2.24) is 0 Å². The van der Waals surface area contributed by atoms with Gasteiger partial charge in [0.15, 0.2) is 0 Å². The third-order valence-electron chi connectivity index (χ3n) is 3.62. The Morgan fingerprint density at radius 1 is 1.18 bits per heavy atom. The topological polar surface area (TPSA) is 20.2 Å². The van der Waals surface area contributed by atoms with E-state index in [1.807, 2.05) is 18.2 Å². The van der Waals surface area contributed by atoms with Crippen molar-refractivity contribution < 1.29 is 5.11 Å². The first-order chi connectivity index (χ1) is 8.18. The highest BCUT2D eigenvalue weighted by Crippen LogP contribution is 2.36. The van der Waals surface area contributed by atoms with Gasteiger partial charge in [0.2, 0.25) is 0 Å². The van der Waals surface area contributed by atoms with Gasteiger partial charge in [-0.05, 0) is 65.1 Å². The molecular formula is C14H18ClIO. The molecular weight excluding hydrogens is 347 g/mol. The number of rotatable bonds is 2. The predicted octanol–water partition coefficient (Wildman–Crippen LogP) is 4.95. The summed E-state index contributed by atoms with van der Waals surface area (Å²) in [4.78, 5) is 0. The van der Waals surface area contributed by atoms with Crippen LogP contribution in [0.5, 0.6) is 0 Å². The highest BCUT2D eigenvalue weighted by molar-refractivity contribution is 14.1. The summed E-state index contributed by atoms with van der Waals surface area (Å²) in [6.07, 6.45) is 7.07. The molecule has 1 atom stereocenters. The van der Waals surface area contributed by atoms with E-state index < -0.39 is 0 Å². The van der Waals surface area contributed by atoms with Crippen molar-refractivity contribution in [3.8, 4) is 0 Å². The van der Waals surface area contributed by atoms with Crippen molar-refractivity contribution in [3.63, 3.8) is 0 Å². The Kier molecular flexibility index (Phi) is 5.12. The Labute approximate surface area is 122 Å². The molecule has 0 radical (unpaired) electrons. The first kappa shape index (κ1) is 13.6. The summed E-state index contributed by atoms with van der Waals surface area (Å²) in [5.74, 6) is 0.407. The van der Waals surface area contributed by atoms with Crippen molar-refractivity contribution in [2.75, 3.05) is 0 Å². The van der Waals surface area contributed by atoms with Crippen LogP contribution < -0.4 is 0 Å². The van der Waals surface area contributed by atoms with Gasteiger partial charge in [-0.25, -0.2) is 0 Å². The molecule has 1 aromatic rings. The summed E-state index contributed by atoms with van der Waals surface area (Å²) in [5, 5.41) is 11.2. The van der Waals surface area contributed by atoms with Crippen LogP contribution in [-0.4, -0.2) is 5.11 Å². The average molecular weight is 365 g/mol. The van der Waals surface area contributed by atoms with Crippen LogP contribution in [0.25, 0.3) is 0 Å². The molecule has 1 aromatic carbocycles. The summed E-state index contributed by atoms with van der Waals surface area (Å²) in [5.41, 5.74) is 1.00. The van der Waals surface area contributed by atoms with E-state index in [1.165, 1.54) is 25.7 Å². The van der Waals surface area contributed by atoms with Gasteiger partial charge in [0.25, 0.3) is 0 Å². The molecule has 0 bridgehead atoms. The van der Waals surface area contributed by atoms with Crippen molar-refractivity contribution in [2.45, 2.75) is 44.6 Å². The van der Waals surface area contributed by atoms with E-state index in [9.17, 15) is 5.11 Å². The molecule has 1 unspecified atom stereocenters. The van der Waals surface area contributed by atoms with Crippen LogP contribution in [0.15, 0.2) is 18.2 Å². The molecule has 0 aromatic heterocycles. The van der Waals surface area contributed by atoms with Gasteiger partial charge in [-0.3, -0.25) is 0 Å². The third-order valence-corrected chi connectivity index (χ3v) is 4.84. The zero-order valence-corrected chi connectivity index (χ0v) is 12.7. The smallest absolute Gasteiger partial charge is 0.0828 e. The number of aliphatic hydroxyl groups is 1. The van der Waals surface area contributed by atoms with Gasteiger partial charge >= 0.3 is 0 Å². The fraction of sp³-hybridized carbons (Fsp3) is 0.571. The van der Waals surface area contributed by atoms with E-state index in [0.717, 1.165) is 22.0 Å². The van der Waals surface area contributed by atoms with E-state index in [1.54, 1.807) is 0 Å². The van der Waals surface area contributed by atoms with Crippen molar-refractivity contribution in [2.24, 2.45) is 5.92 Å². The van der Waals surface area contributed by atoms with Crippen LogP contribution in [0, 0.1) is 9.49 Å². The maximum absolute atomic E-state index is 10.5. The SMILES string of the molecule is OC(c1cc(Cl)ccc1I)C1CCCCCC1. The third kappa shape index (κ3) is 3.58.